The van der Waals surface area contributed by atoms with Crippen molar-refractivity contribution in [2.24, 2.45) is 0 Å². The zero-order valence-corrected chi connectivity index (χ0v) is 10.00. The first-order chi connectivity index (χ1) is 8.65. The molecule has 1 saturated heterocycles. The molecule has 0 amide bonds. The summed E-state index contributed by atoms with van der Waals surface area (Å²) < 4.78 is 26.3. The van der Waals surface area contributed by atoms with Gasteiger partial charge in [0.25, 0.3) is 0 Å². The first-order valence-electron chi connectivity index (χ1n) is 5.89. The van der Waals surface area contributed by atoms with Crippen molar-refractivity contribution < 1.29 is 13.9 Å². The molecule has 1 atom stereocenters. The summed E-state index contributed by atoms with van der Waals surface area (Å²) in [7, 11) is 0. The molecule has 0 aliphatic carbocycles. The largest absolute Gasteiger partial charge is 0.505 e. The summed E-state index contributed by atoms with van der Waals surface area (Å²) in [5, 5.41) is 12.9. The van der Waals surface area contributed by atoms with Gasteiger partial charge in [0.1, 0.15) is 0 Å². The van der Waals surface area contributed by atoms with E-state index in [1.165, 1.54) is 6.07 Å². The van der Waals surface area contributed by atoms with Gasteiger partial charge in [0, 0.05) is 31.7 Å². The lowest BCUT2D eigenvalue weighted by Gasteiger charge is -2.33. The van der Waals surface area contributed by atoms with E-state index in [0.29, 0.717) is 5.56 Å². The van der Waals surface area contributed by atoms with Gasteiger partial charge in [0.2, 0.25) is 5.82 Å². The van der Waals surface area contributed by atoms with Gasteiger partial charge in [0.05, 0.1) is 6.04 Å². The Morgan fingerprint density at radius 1 is 1.33 bits per heavy atom. The second-order valence-corrected chi connectivity index (χ2v) is 4.27. The molecular weight excluding hydrogens is 238 g/mol. The molecule has 0 radical (unpaired) electrons. The Morgan fingerprint density at radius 2 is 2.00 bits per heavy atom. The number of rotatable bonds is 3. The van der Waals surface area contributed by atoms with E-state index in [-0.39, 0.29) is 6.04 Å². The monoisotopic (exact) mass is 254 g/mol. The molecule has 1 fully saturated rings. The van der Waals surface area contributed by atoms with Gasteiger partial charge >= 0.3 is 0 Å². The molecule has 0 aromatic heterocycles. The summed E-state index contributed by atoms with van der Waals surface area (Å²) in [6.45, 7) is 6.92. The topological polar surface area (TPSA) is 35.5 Å². The van der Waals surface area contributed by atoms with Crippen LogP contribution in [0.3, 0.4) is 0 Å². The lowest BCUT2D eigenvalue weighted by molar-refractivity contribution is 0.200. The molecule has 2 N–H and O–H groups in total. The molecule has 1 aromatic carbocycles. The van der Waals surface area contributed by atoms with Gasteiger partial charge in [-0.15, -0.1) is 6.58 Å². The van der Waals surface area contributed by atoms with Crippen LogP contribution in [-0.4, -0.2) is 36.2 Å². The van der Waals surface area contributed by atoms with Gasteiger partial charge in [-0.25, -0.2) is 4.39 Å². The van der Waals surface area contributed by atoms with Crippen molar-refractivity contribution in [1.29, 1.82) is 0 Å². The molecule has 1 heterocycles. The minimum atomic E-state index is -1.20. The van der Waals surface area contributed by atoms with E-state index >= 15 is 0 Å². The Labute approximate surface area is 105 Å². The van der Waals surface area contributed by atoms with Gasteiger partial charge in [-0.05, 0) is 6.07 Å². The van der Waals surface area contributed by atoms with Crippen molar-refractivity contribution in [3.8, 4) is 5.75 Å². The Hall–Kier alpha value is -1.46. The van der Waals surface area contributed by atoms with Crippen LogP contribution in [0, 0.1) is 11.6 Å². The highest BCUT2D eigenvalue weighted by Crippen LogP contribution is 2.32. The summed E-state index contributed by atoms with van der Waals surface area (Å²) in [4.78, 5) is 2.07. The minimum absolute atomic E-state index is 0.304. The fourth-order valence-electron chi connectivity index (χ4n) is 2.23. The average molecular weight is 254 g/mol. The van der Waals surface area contributed by atoms with Gasteiger partial charge in [0.15, 0.2) is 11.6 Å². The Bertz CT molecular complexity index is 445. The second-order valence-electron chi connectivity index (χ2n) is 4.27. The van der Waals surface area contributed by atoms with E-state index in [0.717, 1.165) is 32.2 Å². The maximum Gasteiger partial charge on any atom is 0.200 e. The molecule has 0 bridgehead atoms. The number of piperazine rings is 1. The van der Waals surface area contributed by atoms with Gasteiger partial charge in [-0.1, -0.05) is 12.1 Å². The zero-order chi connectivity index (χ0) is 13.1. The van der Waals surface area contributed by atoms with Crippen molar-refractivity contribution in [2.75, 3.05) is 26.2 Å². The zero-order valence-electron chi connectivity index (χ0n) is 10.00. The quantitative estimate of drug-likeness (QED) is 0.807. The van der Waals surface area contributed by atoms with E-state index < -0.39 is 17.4 Å². The van der Waals surface area contributed by atoms with Crippen LogP contribution >= 0.6 is 0 Å². The molecule has 3 nitrogen and oxygen atoms in total. The summed E-state index contributed by atoms with van der Waals surface area (Å²) >= 11 is 0. The lowest BCUT2D eigenvalue weighted by Crippen LogP contribution is -2.44. The molecule has 2 rings (SSSR count). The van der Waals surface area contributed by atoms with Crippen LogP contribution in [0.1, 0.15) is 11.6 Å². The van der Waals surface area contributed by atoms with Crippen molar-refractivity contribution in [3.63, 3.8) is 0 Å². The molecule has 1 aromatic rings. The van der Waals surface area contributed by atoms with E-state index in [1.54, 1.807) is 6.08 Å². The molecule has 0 unspecified atom stereocenters. The van der Waals surface area contributed by atoms with Crippen LogP contribution in [0.15, 0.2) is 24.8 Å². The van der Waals surface area contributed by atoms with Crippen molar-refractivity contribution in [2.45, 2.75) is 6.04 Å². The second kappa shape index (κ2) is 5.46. The number of benzene rings is 1. The number of hydrogen-bond donors (Lipinski definition) is 2. The highest BCUT2D eigenvalue weighted by atomic mass is 19.2. The van der Waals surface area contributed by atoms with Crippen LogP contribution in [-0.2, 0) is 0 Å². The summed E-state index contributed by atoms with van der Waals surface area (Å²) in [6.07, 6.45) is 1.64. The molecule has 18 heavy (non-hydrogen) atoms. The number of phenols is 1. The Kier molecular flexibility index (Phi) is 3.93. The summed E-state index contributed by atoms with van der Waals surface area (Å²) in [6, 6.07) is 2.13. The average Bonchev–Trinajstić information content (AvgIpc) is 2.41. The summed E-state index contributed by atoms with van der Waals surface area (Å²) in [5.41, 5.74) is 0.353. The SMILES string of the molecule is C=C[C@H](c1ccc(F)c(F)c1O)N1CCNCC1. The third-order valence-corrected chi connectivity index (χ3v) is 3.19. The molecular formula is C13H16F2N2O. The highest BCUT2D eigenvalue weighted by molar-refractivity contribution is 5.38. The van der Waals surface area contributed by atoms with E-state index in [9.17, 15) is 13.9 Å². The van der Waals surface area contributed by atoms with Crippen molar-refractivity contribution >= 4 is 0 Å². The fraction of sp³-hybridized carbons (Fsp3) is 0.385. The number of nitrogens with zero attached hydrogens (tertiary/aromatic N) is 1. The minimum Gasteiger partial charge on any atom is -0.505 e. The Morgan fingerprint density at radius 3 is 2.61 bits per heavy atom. The third-order valence-electron chi connectivity index (χ3n) is 3.19. The molecule has 1 aliphatic heterocycles. The van der Waals surface area contributed by atoms with Crippen LogP contribution in [0.5, 0.6) is 5.75 Å². The van der Waals surface area contributed by atoms with Gasteiger partial charge in [-0.2, -0.15) is 4.39 Å². The lowest BCUT2D eigenvalue weighted by atomic mass is 10.0. The highest BCUT2D eigenvalue weighted by Gasteiger charge is 2.24. The standard InChI is InChI=1S/C13H16F2N2O/c1-2-11(17-7-5-16-6-8-17)9-3-4-10(14)12(15)13(9)18/h2-4,11,16,18H,1,5-8H2/t11-/m1/s1. The van der Waals surface area contributed by atoms with Crippen LogP contribution < -0.4 is 5.32 Å². The van der Waals surface area contributed by atoms with E-state index in [4.69, 9.17) is 0 Å². The number of hydrogen-bond acceptors (Lipinski definition) is 3. The number of halogens is 2. The summed E-state index contributed by atoms with van der Waals surface area (Å²) in [5.74, 6) is -2.87. The maximum absolute atomic E-state index is 13.4. The van der Waals surface area contributed by atoms with Gasteiger partial charge < -0.3 is 10.4 Å². The number of phenolic OH excluding ortho intramolecular Hbond substituents is 1. The molecule has 5 heteroatoms. The van der Waals surface area contributed by atoms with Gasteiger partial charge in [-0.3, -0.25) is 4.90 Å². The number of aromatic hydroxyl groups is 1. The Balaban J connectivity index is 2.32. The van der Waals surface area contributed by atoms with Crippen molar-refractivity contribution in [3.05, 3.63) is 42.0 Å². The fourth-order valence-corrected chi connectivity index (χ4v) is 2.23. The molecule has 98 valence electrons. The van der Waals surface area contributed by atoms with Crippen LogP contribution in [0.2, 0.25) is 0 Å². The smallest absolute Gasteiger partial charge is 0.200 e. The van der Waals surface area contributed by atoms with E-state index in [2.05, 4.69) is 16.8 Å². The molecule has 0 spiro atoms. The first kappa shape index (κ1) is 13.0. The molecule has 0 saturated carbocycles. The normalized spacial score (nSPS) is 18.6. The molecule has 1 aliphatic rings. The van der Waals surface area contributed by atoms with E-state index in [1.807, 2.05) is 0 Å². The maximum atomic E-state index is 13.4. The van der Waals surface area contributed by atoms with Crippen molar-refractivity contribution in [1.82, 2.24) is 10.2 Å². The van der Waals surface area contributed by atoms with Crippen LogP contribution in [0.4, 0.5) is 8.78 Å². The first-order valence-corrected chi connectivity index (χ1v) is 5.89. The van der Waals surface area contributed by atoms with Crippen LogP contribution in [0.25, 0.3) is 0 Å². The predicted octanol–water partition coefficient (Wildman–Crippen LogP) is 1.80. The predicted molar refractivity (Wildman–Crippen MR) is 65.4 cm³/mol. The number of nitrogens with one attached hydrogen (secondary N) is 1. The third kappa shape index (κ3) is 2.37.